The van der Waals surface area contributed by atoms with Crippen molar-refractivity contribution in [2.24, 2.45) is 0 Å². The molecule has 0 unspecified atom stereocenters. The van der Waals surface area contributed by atoms with Crippen molar-refractivity contribution in [2.45, 2.75) is 19.2 Å². The fourth-order valence-corrected chi connectivity index (χ4v) is 2.89. The summed E-state index contributed by atoms with van der Waals surface area (Å²) in [7, 11) is 0. The quantitative estimate of drug-likeness (QED) is 0.710. The van der Waals surface area contributed by atoms with Gasteiger partial charge in [0.2, 0.25) is 0 Å². The second-order valence-electron chi connectivity index (χ2n) is 3.85. The van der Waals surface area contributed by atoms with Crippen LogP contribution in [0.3, 0.4) is 0 Å². The van der Waals surface area contributed by atoms with E-state index in [9.17, 15) is 0 Å². The lowest BCUT2D eigenvalue weighted by Gasteiger charge is -2.12. The van der Waals surface area contributed by atoms with Gasteiger partial charge >= 0.3 is 0 Å². The summed E-state index contributed by atoms with van der Waals surface area (Å²) in [5, 5.41) is 1.43. The van der Waals surface area contributed by atoms with Gasteiger partial charge in [-0.1, -0.05) is 39.1 Å². The standard InChI is InChI=1S/C13H13BrCl2N2O2/c1-3-19-12-13(20-4-2)18-11-7(6-14)10(16)8(15)5-9(11)17-12/h5H,3-4,6H2,1-2H3. The molecule has 0 radical (unpaired) electrons. The monoisotopic (exact) mass is 378 g/mol. The molecule has 0 fully saturated rings. The van der Waals surface area contributed by atoms with Crippen molar-refractivity contribution in [3.8, 4) is 11.8 Å². The van der Waals surface area contributed by atoms with Gasteiger partial charge in [-0.3, -0.25) is 0 Å². The smallest absolute Gasteiger partial charge is 0.278 e. The number of alkyl halides is 1. The Hall–Kier alpha value is -0.780. The lowest BCUT2D eigenvalue weighted by molar-refractivity contribution is 0.271. The van der Waals surface area contributed by atoms with Crippen LogP contribution in [0.25, 0.3) is 11.0 Å². The third-order valence-corrected chi connectivity index (χ3v) is 3.97. The Balaban J connectivity index is 2.72. The molecule has 0 aliphatic heterocycles. The molecule has 0 aliphatic rings. The van der Waals surface area contributed by atoms with Crippen molar-refractivity contribution in [2.75, 3.05) is 13.2 Å². The minimum atomic E-state index is 0.362. The predicted octanol–water partition coefficient (Wildman–Crippen LogP) is 4.63. The Kier molecular flexibility index (Phi) is 5.29. The van der Waals surface area contributed by atoms with Crippen molar-refractivity contribution >= 4 is 50.2 Å². The number of fused-ring (bicyclic) bond motifs is 1. The van der Waals surface area contributed by atoms with Crippen LogP contribution in [0.15, 0.2) is 6.07 Å². The largest absolute Gasteiger partial charge is 0.474 e. The SMILES string of the molecule is CCOc1nc2cc(Cl)c(Cl)c(CBr)c2nc1OCC. The highest BCUT2D eigenvalue weighted by Gasteiger charge is 2.17. The average Bonchev–Trinajstić information content (AvgIpc) is 2.42. The third-order valence-electron chi connectivity index (χ3n) is 2.58. The number of hydrogen-bond acceptors (Lipinski definition) is 4. The molecule has 0 aliphatic carbocycles. The topological polar surface area (TPSA) is 44.2 Å². The predicted molar refractivity (Wildman–Crippen MR) is 84.5 cm³/mol. The van der Waals surface area contributed by atoms with Gasteiger partial charge in [0.15, 0.2) is 0 Å². The molecular weight excluding hydrogens is 367 g/mol. The van der Waals surface area contributed by atoms with Gasteiger partial charge in [0.25, 0.3) is 11.8 Å². The van der Waals surface area contributed by atoms with E-state index in [1.807, 2.05) is 13.8 Å². The molecule has 4 nitrogen and oxygen atoms in total. The van der Waals surface area contributed by atoms with Gasteiger partial charge < -0.3 is 9.47 Å². The molecule has 20 heavy (non-hydrogen) atoms. The summed E-state index contributed by atoms with van der Waals surface area (Å²) in [6, 6.07) is 1.68. The van der Waals surface area contributed by atoms with E-state index in [4.69, 9.17) is 32.7 Å². The van der Waals surface area contributed by atoms with Crippen LogP contribution in [-0.4, -0.2) is 23.2 Å². The molecule has 0 N–H and O–H groups in total. The van der Waals surface area contributed by atoms with Crippen LogP contribution in [0.5, 0.6) is 11.8 Å². The number of nitrogens with zero attached hydrogens (tertiary/aromatic N) is 2. The number of rotatable bonds is 5. The minimum absolute atomic E-state index is 0.362. The zero-order valence-corrected chi connectivity index (χ0v) is 14.1. The molecular formula is C13H13BrCl2N2O2. The van der Waals surface area contributed by atoms with E-state index in [0.29, 0.717) is 51.4 Å². The molecule has 0 atom stereocenters. The summed E-state index contributed by atoms with van der Waals surface area (Å²) in [5.41, 5.74) is 2.06. The van der Waals surface area contributed by atoms with Crippen LogP contribution >= 0.6 is 39.1 Å². The van der Waals surface area contributed by atoms with Crippen LogP contribution in [0.1, 0.15) is 19.4 Å². The van der Waals surface area contributed by atoms with Crippen molar-refractivity contribution in [1.29, 1.82) is 0 Å². The van der Waals surface area contributed by atoms with Crippen LogP contribution in [-0.2, 0) is 5.33 Å². The third kappa shape index (κ3) is 2.95. The molecule has 0 saturated heterocycles. The molecule has 1 heterocycles. The van der Waals surface area contributed by atoms with E-state index >= 15 is 0 Å². The normalized spacial score (nSPS) is 10.8. The first kappa shape index (κ1) is 15.6. The van der Waals surface area contributed by atoms with Gasteiger partial charge in [-0.25, -0.2) is 9.97 Å². The molecule has 0 bridgehead atoms. The summed E-state index contributed by atoms with van der Waals surface area (Å²) < 4.78 is 10.9. The van der Waals surface area contributed by atoms with Crippen LogP contribution in [0.4, 0.5) is 0 Å². The van der Waals surface area contributed by atoms with Crippen molar-refractivity contribution in [1.82, 2.24) is 9.97 Å². The molecule has 2 rings (SSSR count). The Labute approximate surface area is 135 Å². The first-order valence-electron chi connectivity index (χ1n) is 6.12. The molecule has 0 amide bonds. The second-order valence-corrected chi connectivity index (χ2v) is 5.20. The molecule has 108 valence electrons. The minimum Gasteiger partial charge on any atom is -0.474 e. The maximum Gasteiger partial charge on any atom is 0.278 e. The van der Waals surface area contributed by atoms with Crippen LogP contribution in [0.2, 0.25) is 10.0 Å². The maximum absolute atomic E-state index is 6.20. The van der Waals surface area contributed by atoms with Crippen molar-refractivity contribution in [3.63, 3.8) is 0 Å². The highest BCUT2D eigenvalue weighted by molar-refractivity contribution is 9.08. The van der Waals surface area contributed by atoms with Crippen LogP contribution < -0.4 is 9.47 Å². The van der Waals surface area contributed by atoms with Gasteiger partial charge in [0.1, 0.15) is 0 Å². The summed E-state index contributed by atoms with van der Waals surface area (Å²) in [4.78, 5) is 8.89. The van der Waals surface area contributed by atoms with Gasteiger partial charge in [-0.05, 0) is 19.9 Å². The number of benzene rings is 1. The molecule has 1 aromatic carbocycles. The fourth-order valence-electron chi connectivity index (χ4n) is 1.75. The zero-order chi connectivity index (χ0) is 14.7. The summed E-state index contributed by atoms with van der Waals surface area (Å²) in [5.74, 6) is 0.725. The Morgan fingerprint density at radius 1 is 1.10 bits per heavy atom. The highest BCUT2D eigenvalue weighted by Crippen LogP contribution is 2.36. The molecule has 7 heteroatoms. The number of halogens is 3. The zero-order valence-electron chi connectivity index (χ0n) is 11.0. The first-order valence-corrected chi connectivity index (χ1v) is 8.00. The second kappa shape index (κ2) is 6.78. The Bertz CT molecular complexity index is 638. The van der Waals surface area contributed by atoms with E-state index in [0.717, 1.165) is 5.56 Å². The lowest BCUT2D eigenvalue weighted by Crippen LogP contribution is -2.04. The number of aromatic nitrogens is 2. The number of ether oxygens (including phenoxy) is 2. The lowest BCUT2D eigenvalue weighted by atomic mass is 10.2. The average molecular weight is 380 g/mol. The van der Waals surface area contributed by atoms with E-state index in [-0.39, 0.29) is 0 Å². The van der Waals surface area contributed by atoms with E-state index in [2.05, 4.69) is 25.9 Å². The van der Waals surface area contributed by atoms with E-state index in [1.54, 1.807) is 6.07 Å². The highest BCUT2D eigenvalue weighted by atomic mass is 79.9. The fraction of sp³-hybridized carbons (Fsp3) is 0.385. The molecule has 2 aromatic rings. The summed E-state index contributed by atoms with van der Waals surface area (Å²) in [6.07, 6.45) is 0. The van der Waals surface area contributed by atoms with E-state index < -0.39 is 0 Å². The maximum atomic E-state index is 6.20. The summed E-state index contributed by atoms with van der Waals surface area (Å²) in [6.45, 7) is 4.71. The number of hydrogen-bond donors (Lipinski definition) is 0. The van der Waals surface area contributed by atoms with Crippen LogP contribution in [0, 0.1) is 0 Å². The van der Waals surface area contributed by atoms with Gasteiger partial charge in [0.05, 0.1) is 34.3 Å². The Morgan fingerprint density at radius 3 is 2.25 bits per heavy atom. The Morgan fingerprint density at radius 2 is 1.70 bits per heavy atom. The van der Waals surface area contributed by atoms with Gasteiger partial charge in [-0.2, -0.15) is 0 Å². The molecule has 0 spiro atoms. The summed E-state index contributed by atoms with van der Waals surface area (Å²) >= 11 is 15.7. The van der Waals surface area contributed by atoms with E-state index in [1.165, 1.54) is 0 Å². The molecule has 1 aromatic heterocycles. The van der Waals surface area contributed by atoms with Gasteiger partial charge in [0, 0.05) is 10.9 Å². The van der Waals surface area contributed by atoms with Crippen molar-refractivity contribution in [3.05, 3.63) is 21.7 Å². The van der Waals surface area contributed by atoms with Crippen molar-refractivity contribution < 1.29 is 9.47 Å². The molecule has 0 saturated carbocycles. The first-order chi connectivity index (χ1) is 9.62. The van der Waals surface area contributed by atoms with Gasteiger partial charge in [-0.15, -0.1) is 0 Å².